The molecule has 0 bridgehead atoms. The number of aromatic nitrogens is 2. The fraction of sp³-hybridized carbons (Fsp3) is 0.421. The molecule has 1 aliphatic rings. The van der Waals surface area contributed by atoms with Crippen LogP contribution in [0.25, 0.3) is 0 Å². The third-order valence-corrected chi connectivity index (χ3v) is 4.63. The number of aryl methyl sites for hydroxylation is 1. The summed E-state index contributed by atoms with van der Waals surface area (Å²) in [5.41, 5.74) is 3.41. The van der Waals surface area contributed by atoms with Crippen LogP contribution < -0.4 is 15.5 Å². The second-order valence-corrected chi connectivity index (χ2v) is 6.33. The normalized spacial score (nSPS) is 13.1. The molecule has 3 rings (SSSR count). The van der Waals surface area contributed by atoms with Crippen LogP contribution in [-0.2, 0) is 24.8 Å². The Morgan fingerprint density at radius 1 is 1.26 bits per heavy atom. The van der Waals surface area contributed by atoms with Crippen molar-refractivity contribution in [1.29, 1.82) is 0 Å². The topological polar surface area (TPSA) is 74.6 Å². The van der Waals surface area contributed by atoms with E-state index in [1.807, 2.05) is 40.9 Å². The first-order valence-corrected chi connectivity index (χ1v) is 8.98. The maximum Gasteiger partial charge on any atom is 0.227 e. The molecular formula is C19H27IN6O. The largest absolute Gasteiger partial charge is 0.356 e. The van der Waals surface area contributed by atoms with Crippen molar-refractivity contribution < 1.29 is 4.79 Å². The smallest absolute Gasteiger partial charge is 0.227 e. The summed E-state index contributed by atoms with van der Waals surface area (Å²) in [6.45, 7) is 2.14. The summed E-state index contributed by atoms with van der Waals surface area (Å²) < 4.78 is 1.83. The van der Waals surface area contributed by atoms with E-state index in [4.69, 9.17) is 0 Å². The van der Waals surface area contributed by atoms with Gasteiger partial charge < -0.3 is 15.5 Å². The fourth-order valence-electron chi connectivity index (χ4n) is 3.15. The molecule has 2 heterocycles. The van der Waals surface area contributed by atoms with Crippen LogP contribution in [0.3, 0.4) is 0 Å². The molecular weight excluding hydrogens is 455 g/mol. The van der Waals surface area contributed by atoms with Gasteiger partial charge in [0.1, 0.15) is 0 Å². The average Bonchev–Trinajstić information content (AvgIpc) is 3.27. The van der Waals surface area contributed by atoms with Crippen molar-refractivity contribution in [3.63, 3.8) is 0 Å². The molecule has 0 aliphatic carbocycles. The highest BCUT2D eigenvalue weighted by molar-refractivity contribution is 14.0. The van der Waals surface area contributed by atoms with Crippen LogP contribution in [0.2, 0.25) is 0 Å². The number of guanidine groups is 1. The quantitative estimate of drug-likeness (QED) is 0.286. The number of carbonyl (C=O) groups is 1. The molecule has 0 fully saturated rings. The molecule has 0 spiro atoms. The van der Waals surface area contributed by atoms with Crippen LogP contribution in [-0.4, -0.2) is 41.8 Å². The van der Waals surface area contributed by atoms with Crippen molar-refractivity contribution in [3.05, 3.63) is 47.8 Å². The van der Waals surface area contributed by atoms with Gasteiger partial charge in [-0.25, -0.2) is 0 Å². The van der Waals surface area contributed by atoms with Crippen LogP contribution >= 0.6 is 24.0 Å². The van der Waals surface area contributed by atoms with Gasteiger partial charge in [0.05, 0.1) is 12.2 Å². The van der Waals surface area contributed by atoms with Crippen LogP contribution in [0.1, 0.15) is 24.1 Å². The van der Waals surface area contributed by atoms with Gasteiger partial charge in [0.2, 0.25) is 5.91 Å². The zero-order chi connectivity index (χ0) is 18.4. The molecule has 0 atom stereocenters. The second kappa shape index (κ2) is 10.3. The van der Waals surface area contributed by atoms with E-state index in [-0.39, 0.29) is 29.9 Å². The van der Waals surface area contributed by atoms with Crippen molar-refractivity contribution >= 4 is 41.5 Å². The maximum atomic E-state index is 12.5. The number of nitrogens with zero attached hydrogens (tertiary/aromatic N) is 4. The van der Waals surface area contributed by atoms with Gasteiger partial charge >= 0.3 is 0 Å². The molecule has 0 saturated carbocycles. The molecule has 0 unspecified atom stereocenters. The van der Waals surface area contributed by atoms with Crippen molar-refractivity contribution in [2.24, 2.45) is 12.0 Å². The van der Waals surface area contributed by atoms with E-state index >= 15 is 0 Å². The Labute approximate surface area is 177 Å². The highest BCUT2D eigenvalue weighted by Crippen LogP contribution is 2.27. The second-order valence-electron chi connectivity index (χ2n) is 6.33. The molecule has 146 valence electrons. The Hall–Kier alpha value is -2.10. The number of rotatable bonds is 6. The number of benzene rings is 1. The van der Waals surface area contributed by atoms with Crippen molar-refractivity contribution in [2.75, 3.05) is 25.0 Å². The predicted octanol–water partition coefficient (Wildman–Crippen LogP) is 2.07. The number of nitrogens with one attached hydrogen (secondary N) is 2. The van der Waals surface area contributed by atoms with Gasteiger partial charge in [-0.15, -0.1) is 24.0 Å². The first-order valence-electron chi connectivity index (χ1n) is 8.98. The van der Waals surface area contributed by atoms with Gasteiger partial charge in [0.15, 0.2) is 5.96 Å². The highest BCUT2D eigenvalue weighted by Gasteiger charge is 2.23. The number of amides is 1. The van der Waals surface area contributed by atoms with Gasteiger partial charge in [-0.2, -0.15) is 5.10 Å². The molecule has 1 aromatic heterocycles. The number of aliphatic imine (C=N–C) groups is 1. The van der Waals surface area contributed by atoms with Gasteiger partial charge in [-0.1, -0.05) is 18.2 Å². The van der Waals surface area contributed by atoms with E-state index in [1.54, 1.807) is 13.2 Å². The van der Waals surface area contributed by atoms with E-state index in [0.29, 0.717) is 19.5 Å². The minimum atomic E-state index is 0. The van der Waals surface area contributed by atoms with Crippen LogP contribution in [0, 0.1) is 0 Å². The fourth-order valence-corrected chi connectivity index (χ4v) is 3.15. The minimum absolute atomic E-state index is 0. The zero-order valence-corrected chi connectivity index (χ0v) is 18.1. The summed E-state index contributed by atoms with van der Waals surface area (Å²) in [6.07, 6.45) is 4.02. The van der Waals surface area contributed by atoms with Crippen LogP contribution in [0.5, 0.6) is 0 Å². The van der Waals surface area contributed by atoms with E-state index in [0.717, 1.165) is 36.7 Å². The van der Waals surface area contributed by atoms with Crippen LogP contribution in [0.4, 0.5) is 5.69 Å². The number of halogens is 1. The molecule has 8 heteroatoms. The summed E-state index contributed by atoms with van der Waals surface area (Å²) in [6, 6.07) is 10.1. The molecule has 0 radical (unpaired) electrons. The van der Waals surface area contributed by atoms with E-state index in [2.05, 4.69) is 26.8 Å². The van der Waals surface area contributed by atoms with Gasteiger partial charge in [-0.05, 0) is 30.5 Å². The first kappa shape index (κ1) is 21.2. The molecule has 2 N–H and O–H groups in total. The number of fused-ring (bicyclic) bond motifs is 1. The summed E-state index contributed by atoms with van der Waals surface area (Å²) in [7, 11) is 3.65. The Morgan fingerprint density at radius 2 is 2.07 bits per heavy atom. The lowest BCUT2D eigenvalue weighted by Crippen LogP contribution is -2.38. The Bertz CT molecular complexity index is 788. The zero-order valence-electron chi connectivity index (χ0n) is 15.8. The van der Waals surface area contributed by atoms with Gasteiger partial charge in [-0.3, -0.25) is 14.5 Å². The number of hydrogen-bond acceptors (Lipinski definition) is 3. The summed E-state index contributed by atoms with van der Waals surface area (Å²) in [5.74, 6) is 0.916. The van der Waals surface area contributed by atoms with Crippen molar-refractivity contribution in [2.45, 2.75) is 25.8 Å². The molecule has 1 aromatic carbocycles. The number of anilines is 1. The minimum Gasteiger partial charge on any atom is -0.356 e. The van der Waals surface area contributed by atoms with Gasteiger partial charge in [0, 0.05) is 45.5 Å². The lowest BCUT2D eigenvalue weighted by molar-refractivity contribution is -0.118. The van der Waals surface area contributed by atoms with E-state index in [1.165, 1.54) is 5.56 Å². The van der Waals surface area contributed by atoms with Crippen LogP contribution in [0.15, 0.2) is 41.5 Å². The number of carbonyl (C=O) groups excluding carboxylic acids is 1. The molecule has 0 saturated heterocycles. The van der Waals surface area contributed by atoms with Crippen molar-refractivity contribution in [1.82, 2.24) is 20.4 Å². The third-order valence-electron chi connectivity index (χ3n) is 4.63. The Balaban J connectivity index is 0.00000261. The SMILES string of the molecule is CN=C(NCCCC(=O)N1CCc2ccccc21)NCc1ccnn1C.I. The summed E-state index contributed by atoms with van der Waals surface area (Å²) in [4.78, 5) is 18.6. The van der Waals surface area contributed by atoms with Crippen molar-refractivity contribution in [3.8, 4) is 0 Å². The number of hydrogen-bond donors (Lipinski definition) is 2. The first-order chi connectivity index (χ1) is 12.7. The summed E-state index contributed by atoms with van der Waals surface area (Å²) in [5, 5.41) is 10.6. The predicted molar refractivity (Wildman–Crippen MR) is 119 cm³/mol. The highest BCUT2D eigenvalue weighted by atomic mass is 127. The Morgan fingerprint density at radius 3 is 2.81 bits per heavy atom. The third kappa shape index (κ3) is 5.44. The monoisotopic (exact) mass is 482 g/mol. The van der Waals surface area contributed by atoms with E-state index in [9.17, 15) is 4.79 Å². The molecule has 2 aromatic rings. The average molecular weight is 482 g/mol. The molecule has 7 nitrogen and oxygen atoms in total. The Kier molecular flexibility index (Phi) is 8.08. The lowest BCUT2D eigenvalue weighted by atomic mass is 10.2. The molecule has 1 aliphatic heterocycles. The standard InChI is InChI=1S/C19H26N6O.HI/c1-20-19(22-14-16-9-12-23-24(16)2)21-11-5-8-18(26)25-13-10-15-6-3-4-7-17(15)25;/h3-4,6-7,9,12H,5,8,10-11,13-14H2,1-2H3,(H2,20,21,22);1H. The molecule has 1 amide bonds. The number of para-hydroxylation sites is 1. The maximum absolute atomic E-state index is 12.5. The summed E-state index contributed by atoms with van der Waals surface area (Å²) >= 11 is 0. The van der Waals surface area contributed by atoms with Gasteiger partial charge in [0.25, 0.3) is 0 Å². The van der Waals surface area contributed by atoms with E-state index < -0.39 is 0 Å². The lowest BCUT2D eigenvalue weighted by Gasteiger charge is -2.17. The molecule has 27 heavy (non-hydrogen) atoms.